The largest absolute Gasteiger partial charge is 0.485 e. The number of methoxy groups -OCH3 is 1. The second kappa shape index (κ2) is 7.00. The molecule has 24 heavy (non-hydrogen) atoms. The zero-order chi connectivity index (χ0) is 17.1. The van der Waals surface area contributed by atoms with E-state index >= 15 is 0 Å². The highest BCUT2D eigenvalue weighted by atomic mass is 32.1. The number of carbonyl (C=O) groups excluding carboxylic acids is 2. The Kier molecular flexibility index (Phi) is 4.80. The van der Waals surface area contributed by atoms with Crippen molar-refractivity contribution in [2.75, 3.05) is 13.7 Å². The van der Waals surface area contributed by atoms with E-state index in [4.69, 9.17) is 9.47 Å². The lowest BCUT2D eigenvalue weighted by atomic mass is 10.2. The van der Waals surface area contributed by atoms with Crippen molar-refractivity contribution in [3.8, 4) is 5.75 Å². The smallest absolute Gasteiger partial charge is 0.328 e. The van der Waals surface area contributed by atoms with Crippen LogP contribution in [0.1, 0.15) is 16.8 Å². The third-order valence-electron chi connectivity index (χ3n) is 3.90. The van der Waals surface area contributed by atoms with Crippen molar-refractivity contribution in [1.82, 2.24) is 4.90 Å². The van der Waals surface area contributed by atoms with Crippen LogP contribution in [-0.2, 0) is 9.53 Å². The van der Waals surface area contributed by atoms with E-state index in [1.54, 1.807) is 29.0 Å². The molecule has 2 heterocycles. The Morgan fingerprint density at radius 2 is 2.08 bits per heavy atom. The van der Waals surface area contributed by atoms with Crippen LogP contribution < -0.4 is 4.74 Å². The molecule has 0 bridgehead atoms. The van der Waals surface area contributed by atoms with Crippen molar-refractivity contribution in [3.05, 3.63) is 52.5 Å². The first-order valence-electron chi connectivity index (χ1n) is 7.42. The number of hydrogen-bond acceptors (Lipinski definition) is 5. The molecule has 1 aromatic carbocycles. The van der Waals surface area contributed by atoms with E-state index in [9.17, 15) is 14.0 Å². The van der Waals surface area contributed by atoms with Crippen LogP contribution in [0.25, 0.3) is 0 Å². The van der Waals surface area contributed by atoms with Crippen molar-refractivity contribution in [2.45, 2.75) is 18.6 Å². The fourth-order valence-corrected chi connectivity index (χ4v) is 3.37. The van der Waals surface area contributed by atoms with Gasteiger partial charge in [0.2, 0.25) is 0 Å². The fraction of sp³-hybridized carbons (Fsp3) is 0.294. The van der Waals surface area contributed by atoms with Crippen molar-refractivity contribution >= 4 is 23.2 Å². The summed E-state index contributed by atoms with van der Waals surface area (Å²) in [6, 6.07) is 7.02. The highest BCUT2D eigenvalue weighted by Gasteiger charge is 2.42. The van der Waals surface area contributed by atoms with Crippen LogP contribution in [0.15, 0.2) is 41.1 Å². The number of amides is 1. The number of thiophene rings is 1. The van der Waals surface area contributed by atoms with Crippen LogP contribution in [0.5, 0.6) is 5.75 Å². The molecule has 1 fully saturated rings. The molecule has 0 unspecified atom stereocenters. The first-order valence-corrected chi connectivity index (χ1v) is 8.36. The fourth-order valence-electron chi connectivity index (χ4n) is 2.74. The standard InChI is InChI=1S/C17H16FNO4S/c1-22-17(21)14-8-12(23-15-5-3-2-4-13(15)18)9-19(14)16(20)11-6-7-24-10-11/h2-7,10,12,14H,8-9H2,1H3/t12-,14+/m1/s1. The summed E-state index contributed by atoms with van der Waals surface area (Å²) in [5, 5.41) is 3.52. The maximum atomic E-state index is 13.7. The quantitative estimate of drug-likeness (QED) is 0.797. The van der Waals surface area contributed by atoms with Crippen LogP contribution in [0.4, 0.5) is 4.39 Å². The summed E-state index contributed by atoms with van der Waals surface area (Å²) in [6.45, 7) is 0.197. The van der Waals surface area contributed by atoms with Crippen LogP contribution in [0.3, 0.4) is 0 Å². The average molecular weight is 349 g/mol. The number of benzene rings is 1. The van der Waals surface area contributed by atoms with Gasteiger partial charge in [-0.3, -0.25) is 4.79 Å². The van der Waals surface area contributed by atoms with Gasteiger partial charge in [0.1, 0.15) is 12.1 Å². The maximum Gasteiger partial charge on any atom is 0.328 e. The third kappa shape index (κ3) is 3.26. The van der Waals surface area contributed by atoms with Crippen LogP contribution in [0.2, 0.25) is 0 Å². The van der Waals surface area contributed by atoms with Crippen LogP contribution in [-0.4, -0.2) is 42.6 Å². The number of likely N-dealkylation sites (tertiary alicyclic amines) is 1. The maximum absolute atomic E-state index is 13.7. The van der Waals surface area contributed by atoms with Gasteiger partial charge >= 0.3 is 5.97 Å². The van der Waals surface area contributed by atoms with Crippen molar-refractivity contribution in [1.29, 1.82) is 0 Å². The lowest BCUT2D eigenvalue weighted by molar-refractivity contribution is -0.145. The first-order chi connectivity index (χ1) is 11.6. The molecule has 0 radical (unpaired) electrons. The van der Waals surface area contributed by atoms with Crippen molar-refractivity contribution in [2.24, 2.45) is 0 Å². The predicted molar refractivity (Wildman–Crippen MR) is 86.6 cm³/mol. The summed E-state index contributed by atoms with van der Waals surface area (Å²) in [5.41, 5.74) is 0.514. The summed E-state index contributed by atoms with van der Waals surface area (Å²) in [4.78, 5) is 26.0. The number of para-hydroxylation sites is 1. The van der Waals surface area contributed by atoms with Gasteiger partial charge in [-0.05, 0) is 23.6 Å². The molecule has 1 aliphatic heterocycles. The number of halogens is 1. The molecule has 0 N–H and O–H groups in total. The normalized spacial score (nSPS) is 20.0. The lowest BCUT2D eigenvalue weighted by Gasteiger charge is -2.21. The Morgan fingerprint density at radius 3 is 2.75 bits per heavy atom. The predicted octanol–water partition coefficient (Wildman–Crippen LogP) is 2.72. The molecule has 0 spiro atoms. The molecule has 7 heteroatoms. The second-order valence-electron chi connectivity index (χ2n) is 5.41. The van der Waals surface area contributed by atoms with Gasteiger partial charge in [0.25, 0.3) is 5.91 Å². The molecule has 1 amide bonds. The van der Waals surface area contributed by atoms with Crippen molar-refractivity contribution < 1.29 is 23.5 Å². The number of ether oxygens (including phenoxy) is 2. The van der Waals surface area contributed by atoms with Crippen LogP contribution in [0, 0.1) is 5.82 Å². The lowest BCUT2D eigenvalue weighted by Crippen LogP contribution is -2.41. The molecule has 2 atom stereocenters. The summed E-state index contributed by atoms with van der Waals surface area (Å²) in [5.74, 6) is -1.13. The molecule has 126 valence electrons. The first kappa shape index (κ1) is 16.4. The number of rotatable bonds is 4. The molecular weight excluding hydrogens is 333 g/mol. The molecule has 5 nitrogen and oxygen atoms in total. The van der Waals surface area contributed by atoms with Gasteiger partial charge in [0, 0.05) is 11.8 Å². The minimum Gasteiger partial charge on any atom is -0.485 e. The zero-order valence-corrected chi connectivity index (χ0v) is 13.8. The van der Waals surface area contributed by atoms with Gasteiger partial charge in [-0.15, -0.1) is 0 Å². The topological polar surface area (TPSA) is 55.8 Å². The summed E-state index contributed by atoms with van der Waals surface area (Å²) >= 11 is 1.40. The SMILES string of the molecule is COC(=O)[C@@H]1C[C@@H](Oc2ccccc2F)CN1C(=O)c1ccsc1. The molecule has 2 aromatic rings. The monoisotopic (exact) mass is 349 g/mol. The minimum absolute atomic E-state index is 0.107. The Morgan fingerprint density at radius 1 is 1.29 bits per heavy atom. The molecule has 1 aliphatic rings. The summed E-state index contributed by atoms with van der Waals surface area (Å²) in [7, 11) is 1.28. The minimum atomic E-state index is -0.737. The van der Waals surface area contributed by atoms with E-state index in [0.29, 0.717) is 5.56 Å². The van der Waals surface area contributed by atoms with E-state index in [0.717, 1.165) is 0 Å². The molecule has 3 rings (SSSR count). The van der Waals surface area contributed by atoms with E-state index < -0.39 is 23.9 Å². The molecule has 0 saturated carbocycles. The molecule has 1 aromatic heterocycles. The Balaban J connectivity index is 1.79. The highest BCUT2D eigenvalue weighted by Crippen LogP contribution is 2.27. The Bertz CT molecular complexity index is 734. The van der Waals surface area contributed by atoms with Gasteiger partial charge < -0.3 is 14.4 Å². The number of hydrogen-bond donors (Lipinski definition) is 0. The highest BCUT2D eigenvalue weighted by molar-refractivity contribution is 7.08. The second-order valence-corrected chi connectivity index (χ2v) is 6.19. The Hall–Kier alpha value is -2.41. The zero-order valence-electron chi connectivity index (χ0n) is 13.0. The van der Waals surface area contributed by atoms with E-state index in [1.165, 1.54) is 35.5 Å². The van der Waals surface area contributed by atoms with Gasteiger partial charge in [0.05, 0.1) is 19.2 Å². The summed E-state index contributed by atoms with van der Waals surface area (Å²) in [6.07, 6.45) is -0.217. The number of esters is 1. The van der Waals surface area contributed by atoms with E-state index in [1.807, 2.05) is 0 Å². The van der Waals surface area contributed by atoms with E-state index in [-0.39, 0.29) is 24.6 Å². The summed E-state index contributed by atoms with van der Waals surface area (Å²) < 4.78 is 24.2. The number of nitrogens with zero attached hydrogens (tertiary/aromatic N) is 1. The van der Waals surface area contributed by atoms with Crippen LogP contribution >= 0.6 is 11.3 Å². The molecular formula is C17H16FNO4S. The number of carbonyl (C=O) groups is 2. The Labute approximate surface area is 142 Å². The van der Waals surface area contributed by atoms with E-state index in [2.05, 4.69) is 0 Å². The molecule has 1 saturated heterocycles. The van der Waals surface area contributed by atoms with Gasteiger partial charge in [-0.1, -0.05) is 12.1 Å². The third-order valence-corrected chi connectivity index (χ3v) is 4.58. The van der Waals surface area contributed by atoms with Crippen molar-refractivity contribution in [3.63, 3.8) is 0 Å². The van der Waals surface area contributed by atoms with Gasteiger partial charge in [-0.2, -0.15) is 11.3 Å². The van der Waals surface area contributed by atoms with Gasteiger partial charge in [-0.25, -0.2) is 9.18 Å². The van der Waals surface area contributed by atoms with Gasteiger partial charge in [0.15, 0.2) is 11.6 Å². The average Bonchev–Trinajstić information content (AvgIpc) is 3.25. The molecule has 0 aliphatic carbocycles.